The number of sulfonamides is 1. The van der Waals surface area contributed by atoms with Crippen molar-refractivity contribution < 1.29 is 35.3 Å². The van der Waals surface area contributed by atoms with E-state index in [1.54, 1.807) is 23.1 Å². The number of anilines is 1. The molecular formula is C26H26F4N2O4S3. The van der Waals surface area contributed by atoms with E-state index in [9.17, 15) is 35.3 Å². The molecule has 3 aromatic rings. The minimum Gasteiger partial charge on any atom is -0.376 e. The van der Waals surface area contributed by atoms with E-state index in [0.717, 1.165) is 12.1 Å². The molecule has 0 saturated carbocycles. The molecule has 0 aromatic heterocycles. The van der Waals surface area contributed by atoms with Crippen molar-refractivity contribution >= 4 is 39.1 Å². The summed E-state index contributed by atoms with van der Waals surface area (Å²) in [6, 6.07) is 15.9. The van der Waals surface area contributed by atoms with Gasteiger partial charge in [0.25, 0.3) is 0 Å². The van der Waals surface area contributed by atoms with Crippen molar-refractivity contribution in [3.05, 3.63) is 84.2 Å². The fourth-order valence-corrected chi connectivity index (χ4v) is 7.67. The highest BCUT2D eigenvalue weighted by Gasteiger charge is 2.51. The Kier molecular flexibility index (Phi) is 8.48. The number of piperazine rings is 1. The third-order valence-corrected chi connectivity index (χ3v) is 10.6. The van der Waals surface area contributed by atoms with Crippen LogP contribution in [-0.2, 0) is 26.4 Å². The molecule has 0 spiro atoms. The van der Waals surface area contributed by atoms with Crippen molar-refractivity contribution in [2.45, 2.75) is 39.4 Å². The van der Waals surface area contributed by atoms with E-state index < -0.39 is 44.5 Å². The van der Waals surface area contributed by atoms with Gasteiger partial charge in [0.2, 0.25) is 10.0 Å². The molecule has 0 bridgehead atoms. The zero-order chi connectivity index (χ0) is 28.6. The second-order valence-corrected chi connectivity index (χ2v) is 13.1. The number of halogens is 4. The van der Waals surface area contributed by atoms with Gasteiger partial charge in [-0.2, -0.15) is 17.5 Å². The van der Waals surface area contributed by atoms with Gasteiger partial charge in [-0.05, 0) is 61.0 Å². The van der Waals surface area contributed by atoms with Crippen LogP contribution in [0.2, 0.25) is 0 Å². The van der Waals surface area contributed by atoms with Gasteiger partial charge in [0.05, 0.1) is 21.7 Å². The third kappa shape index (κ3) is 6.17. The summed E-state index contributed by atoms with van der Waals surface area (Å²) < 4.78 is 94.7. The topological polar surface area (TPSA) is 77.9 Å². The average Bonchev–Trinajstić information content (AvgIpc) is 2.88. The van der Waals surface area contributed by atoms with Gasteiger partial charge in [0.1, 0.15) is 5.82 Å². The van der Waals surface area contributed by atoms with Crippen LogP contribution >= 0.6 is 12.6 Å². The lowest BCUT2D eigenvalue weighted by molar-refractivity contribution is -0.258. The average molecular weight is 603 g/mol. The number of hydrogen-bond donors (Lipinski definition) is 2. The maximum atomic E-state index is 13.4. The third-order valence-electron chi connectivity index (χ3n) is 6.66. The van der Waals surface area contributed by atoms with Crippen molar-refractivity contribution in [3.63, 3.8) is 0 Å². The summed E-state index contributed by atoms with van der Waals surface area (Å²) in [5.41, 5.74) is -2.93. The van der Waals surface area contributed by atoms with Gasteiger partial charge in [-0.3, -0.25) is 4.21 Å². The predicted octanol–water partition coefficient (Wildman–Crippen LogP) is 4.57. The lowest BCUT2D eigenvalue weighted by Gasteiger charge is -2.42. The molecule has 1 N–H and O–H groups in total. The van der Waals surface area contributed by atoms with E-state index in [0.29, 0.717) is 17.5 Å². The maximum absolute atomic E-state index is 13.4. The number of aliphatic hydroxyl groups is 1. The molecule has 39 heavy (non-hydrogen) atoms. The first-order valence-electron chi connectivity index (χ1n) is 11.8. The molecule has 1 fully saturated rings. The van der Waals surface area contributed by atoms with Crippen LogP contribution in [0.5, 0.6) is 0 Å². The van der Waals surface area contributed by atoms with Crippen molar-refractivity contribution in [2.24, 2.45) is 0 Å². The summed E-state index contributed by atoms with van der Waals surface area (Å²) in [4.78, 5) is 2.44. The molecule has 1 aliphatic rings. The van der Waals surface area contributed by atoms with E-state index >= 15 is 0 Å². The lowest BCUT2D eigenvalue weighted by Crippen LogP contribution is -2.56. The summed E-state index contributed by atoms with van der Waals surface area (Å²) in [5, 5.41) is 10.0. The van der Waals surface area contributed by atoms with Gasteiger partial charge < -0.3 is 10.0 Å². The van der Waals surface area contributed by atoms with Crippen LogP contribution in [0.4, 0.5) is 23.2 Å². The first-order valence-corrected chi connectivity index (χ1v) is 15.0. The molecule has 13 heteroatoms. The van der Waals surface area contributed by atoms with E-state index in [1.807, 2.05) is 0 Å². The first kappa shape index (κ1) is 29.5. The van der Waals surface area contributed by atoms with Crippen LogP contribution in [-0.4, -0.2) is 59.6 Å². The molecule has 6 nitrogen and oxygen atoms in total. The summed E-state index contributed by atoms with van der Waals surface area (Å²) >= 11 is 4.28. The maximum Gasteiger partial charge on any atom is 0.421 e. The highest BCUT2D eigenvalue weighted by molar-refractivity contribution is 7.90. The number of rotatable bonds is 7. The molecule has 1 heterocycles. The van der Waals surface area contributed by atoms with Crippen LogP contribution in [0.15, 0.2) is 87.5 Å². The van der Waals surface area contributed by atoms with Gasteiger partial charge >= 0.3 is 6.18 Å². The normalized spacial score (nSPS) is 19.5. The zero-order valence-electron chi connectivity index (χ0n) is 20.7. The Labute approximate surface area is 232 Å². The lowest BCUT2D eigenvalue weighted by atomic mass is 9.95. The van der Waals surface area contributed by atoms with Crippen LogP contribution in [0.1, 0.15) is 12.5 Å². The van der Waals surface area contributed by atoms with Crippen molar-refractivity contribution in [3.8, 4) is 0 Å². The van der Waals surface area contributed by atoms with Crippen LogP contribution in [0.3, 0.4) is 0 Å². The fraction of sp³-hybridized carbons (Fsp3) is 0.308. The van der Waals surface area contributed by atoms with Gasteiger partial charge in [-0.25, -0.2) is 12.8 Å². The van der Waals surface area contributed by atoms with Crippen LogP contribution < -0.4 is 4.90 Å². The van der Waals surface area contributed by atoms with Crippen LogP contribution in [0.25, 0.3) is 0 Å². The highest BCUT2D eigenvalue weighted by Crippen LogP contribution is 2.39. The van der Waals surface area contributed by atoms with Crippen molar-refractivity contribution in [1.82, 2.24) is 4.31 Å². The van der Waals surface area contributed by atoms with Gasteiger partial charge in [0, 0.05) is 40.9 Å². The fourth-order valence-electron chi connectivity index (χ4n) is 4.34. The standard InChI is InChI=1S/C26H26F4N2O4S3/c1-25(33,26(28,29)30)18-6-10-20(11-7-18)32-15-14-31(39(35,36)24-5-3-2-4-23(24)37)16-21(32)17-38(34)22-12-8-19(27)9-13-22/h2-13,21,33,37H,14-17H2,1H3/t21-,25-,38-/m1/s1. The number of thiol groups is 1. The Balaban J connectivity index is 1.65. The van der Waals surface area contributed by atoms with E-state index in [4.69, 9.17) is 0 Å². The second kappa shape index (κ2) is 11.2. The number of alkyl halides is 3. The van der Waals surface area contributed by atoms with E-state index in [-0.39, 0.29) is 40.7 Å². The Hall–Kier alpha value is -2.45. The molecule has 3 atom stereocenters. The van der Waals surface area contributed by atoms with Crippen molar-refractivity contribution in [2.75, 3.05) is 30.3 Å². The second-order valence-electron chi connectivity index (χ2n) is 9.26. The molecule has 0 radical (unpaired) electrons. The molecule has 210 valence electrons. The molecule has 0 amide bonds. The van der Waals surface area contributed by atoms with Crippen LogP contribution in [0, 0.1) is 5.82 Å². The van der Waals surface area contributed by atoms with Gasteiger partial charge in [-0.1, -0.05) is 24.3 Å². The predicted molar refractivity (Wildman–Crippen MR) is 143 cm³/mol. The SMILES string of the molecule is C[C@@](O)(c1ccc(N2CCN(S(=O)(=O)c3ccccc3S)C[C@@H]2C[S@@](=O)c2ccc(F)cc2)cc1)C(F)(F)F. The molecule has 4 rings (SSSR count). The molecule has 1 saturated heterocycles. The highest BCUT2D eigenvalue weighted by atomic mass is 32.2. The molecular weight excluding hydrogens is 576 g/mol. The largest absolute Gasteiger partial charge is 0.421 e. The summed E-state index contributed by atoms with van der Waals surface area (Å²) in [5.74, 6) is -0.519. The Bertz CT molecular complexity index is 1450. The zero-order valence-corrected chi connectivity index (χ0v) is 23.2. The molecule has 0 aliphatic carbocycles. The summed E-state index contributed by atoms with van der Waals surface area (Å²) in [6.07, 6.45) is -4.88. The molecule has 0 unspecified atom stereocenters. The smallest absolute Gasteiger partial charge is 0.376 e. The number of hydrogen-bond acceptors (Lipinski definition) is 6. The molecule has 3 aromatic carbocycles. The van der Waals surface area contributed by atoms with Crippen molar-refractivity contribution in [1.29, 1.82) is 0 Å². The Morgan fingerprint density at radius 2 is 1.62 bits per heavy atom. The summed E-state index contributed by atoms with van der Waals surface area (Å²) in [7, 11) is -5.59. The van der Waals surface area contributed by atoms with E-state index in [1.165, 1.54) is 46.8 Å². The summed E-state index contributed by atoms with van der Waals surface area (Å²) in [6.45, 7) is 0.833. The minimum atomic E-state index is -4.88. The molecule has 1 aliphatic heterocycles. The number of nitrogens with zero attached hydrogens (tertiary/aromatic N) is 2. The van der Waals surface area contributed by atoms with Gasteiger partial charge in [0.15, 0.2) is 5.60 Å². The Morgan fingerprint density at radius 1 is 1.00 bits per heavy atom. The monoisotopic (exact) mass is 602 g/mol. The minimum absolute atomic E-state index is 0.0256. The Morgan fingerprint density at radius 3 is 2.21 bits per heavy atom. The number of benzene rings is 3. The quantitative estimate of drug-likeness (QED) is 0.306. The van der Waals surface area contributed by atoms with E-state index in [2.05, 4.69) is 12.6 Å². The first-order chi connectivity index (χ1) is 18.2. The van der Waals surface area contributed by atoms with Gasteiger partial charge in [-0.15, -0.1) is 12.6 Å².